The van der Waals surface area contributed by atoms with Crippen molar-refractivity contribution in [3.8, 4) is 0 Å². The number of ether oxygens (including phenoxy) is 1. The normalized spacial score (nSPS) is 32.0. The molecule has 0 saturated carbocycles. The highest BCUT2D eigenvalue weighted by atomic mass is 16.6. The number of carbonyl (C=O) groups excluding carboxylic acids is 2. The SMILES string of the molecule is Cc1ccc(N2C(=O)[C@@H]3[C@H](C2=O)[C@H]2C=C[C@H]3O2)cc1[N+](=O)[O-]. The molecule has 4 atom stereocenters. The highest BCUT2D eigenvalue weighted by Crippen LogP contribution is 2.46. The summed E-state index contributed by atoms with van der Waals surface area (Å²) in [6, 6.07) is 4.39. The molecule has 0 N–H and O–H groups in total. The number of hydrogen-bond acceptors (Lipinski definition) is 5. The van der Waals surface area contributed by atoms with Gasteiger partial charge in [0.15, 0.2) is 0 Å². The monoisotopic (exact) mass is 300 g/mol. The van der Waals surface area contributed by atoms with Gasteiger partial charge in [0.1, 0.15) is 0 Å². The van der Waals surface area contributed by atoms with E-state index in [1.807, 2.05) is 0 Å². The first-order chi connectivity index (χ1) is 10.5. The van der Waals surface area contributed by atoms with Gasteiger partial charge in [0, 0.05) is 11.6 Å². The number of hydrogen-bond donors (Lipinski definition) is 0. The van der Waals surface area contributed by atoms with Crippen LogP contribution in [-0.2, 0) is 14.3 Å². The molecule has 22 heavy (non-hydrogen) atoms. The Bertz CT molecular complexity index is 726. The van der Waals surface area contributed by atoms with Crippen LogP contribution in [0.1, 0.15) is 5.56 Å². The molecular weight excluding hydrogens is 288 g/mol. The molecule has 2 saturated heterocycles. The Morgan fingerprint density at radius 2 is 1.73 bits per heavy atom. The molecule has 7 nitrogen and oxygen atoms in total. The van der Waals surface area contributed by atoms with Crippen molar-refractivity contribution >= 4 is 23.2 Å². The zero-order chi connectivity index (χ0) is 15.6. The summed E-state index contributed by atoms with van der Waals surface area (Å²) in [5.74, 6) is -1.71. The first-order valence-corrected chi connectivity index (χ1v) is 6.95. The Labute approximate surface area is 125 Å². The van der Waals surface area contributed by atoms with E-state index in [-0.39, 0.29) is 35.4 Å². The van der Waals surface area contributed by atoms with E-state index >= 15 is 0 Å². The summed E-state index contributed by atoms with van der Waals surface area (Å²) in [7, 11) is 0. The summed E-state index contributed by atoms with van der Waals surface area (Å²) in [6.45, 7) is 1.61. The molecule has 1 aromatic carbocycles. The van der Waals surface area contributed by atoms with Crippen LogP contribution in [0.5, 0.6) is 0 Å². The number of nitro benzene ring substituents is 1. The third kappa shape index (κ3) is 1.54. The Morgan fingerprint density at radius 3 is 2.27 bits per heavy atom. The van der Waals surface area contributed by atoms with E-state index in [2.05, 4.69) is 0 Å². The first kappa shape index (κ1) is 13.1. The minimum atomic E-state index is -0.515. The lowest BCUT2D eigenvalue weighted by Gasteiger charge is -2.17. The molecule has 3 heterocycles. The van der Waals surface area contributed by atoms with Crippen LogP contribution in [0.3, 0.4) is 0 Å². The average Bonchev–Trinajstić information content (AvgIpc) is 3.14. The van der Waals surface area contributed by atoms with E-state index in [1.165, 1.54) is 6.07 Å². The lowest BCUT2D eigenvalue weighted by Crippen LogP contribution is -2.34. The zero-order valence-electron chi connectivity index (χ0n) is 11.6. The second kappa shape index (κ2) is 4.23. The Balaban J connectivity index is 1.76. The second-order valence-electron chi connectivity index (χ2n) is 5.74. The van der Waals surface area contributed by atoms with Crippen LogP contribution < -0.4 is 4.90 Å². The molecule has 2 bridgehead atoms. The molecule has 1 aromatic rings. The van der Waals surface area contributed by atoms with Gasteiger partial charge in [-0.3, -0.25) is 19.7 Å². The molecule has 3 aliphatic heterocycles. The highest BCUT2D eigenvalue weighted by Gasteiger charge is 2.61. The van der Waals surface area contributed by atoms with E-state index in [1.54, 1.807) is 31.2 Å². The molecule has 4 rings (SSSR count). The molecule has 3 aliphatic rings. The van der Waals surface area contributed by atoms with E-state index in [0.717, 1.165) is 4.90 Å². The fourth-order valence-electron chi connectivity index (χ4n) is 3.49. The number of fused-ring (bicyclic) bond motifs is 5. The summed E-state index contributed by atoms with van der Waals surface area (Å²) < 4.78 is 5.56. The number of benzene rings is 1. The maximum Gasteiger partial charge on any atom is 0.274 e. The third-order valence-electron chi connectivity index (χ3n) is 4.56. The number of carbonyl (C=O) groups is 2. The second-order valence-corrected chi connectivity index (χ2v) is 5.74. The van der Waals surface area contributed by atoms with Gasteiger partial charge in [0.25, 0.3) is 5.69 Å². The predicted molar refractivity (Wildman–Crippen MR) is 75.1 cm³/mol. The fraction of sp³-hybridized carbons (Fsp3) is 0.333. The lowest BCUT2D eigenvalue weighted by molar-refractivity contribution is -0.385. The molecule has 2 fully saturated rings. The largest absolute Gasteiger partial charge is 0.365 e. The number of nitro groups is 1. The number of aryl methyl sites for hydroxylation is 1. The van der Waals surface area contributed by atoms with Crippen LogP contribution in [0.25, 0.3) is 0 Å². The Morgan fingerprint density at radius 1 is 1.14 bits per heavy atom. The summed E-state index contributed by atoms with van der Waals surface area (Å²) >= 11 is 0. The van der Waals surface area contributed by atoms with Gasteiger partial charge in [-0.15, -0.1) is 0 Å². The molecule has 0 aliphatic carbocycles. The first-order valence-electron chi connectivity index (χ1n) is 6.95. The maximum absolute atomic E-state index is 12.6. The van der Waals surface area contributed by atoms with E-state index < -0.39 is 16.8 Å². The van der Waals surface area contributed by atoms with E-state index in [0.29, 0.717) is 5.56 Å². The molecule has 2 amide bonds. The van der Waals surface area contributed by atoms with Crippen LogP contribution in [0.2, 0.25) is 0 Å². The number of nitrogens with zero attached hydrogens (tertiary/aromatic N) is 2. The number of rotatable bonds is 2. The highest BCUT2D eigenvalue weighted by molar-refractivity contribution is 6.23. The average molecular weight is 300 g/mol. The minimum Gasteiger partial charge on any atom is -0.365 e. The van der Waals surface area contributed by atoms with Gasteiger partial charge in [-0.05, 0) is 13.0 Å². The number of anilines is 1. The summed E-state index contributed by atoms with van der Waals surface area (Å²) in [5, 5.41) is 11.0. The van der Waals surface area contributed by atoms with Crippen LogP contribution in [-0.4, -0.2) is 28.9 Å². The van der Waals surface area contributed by atoms with Gasteiger partial charge >= 0.3 is 0 Å². The number of imide groups is 1. The molecule has 0 aromatic heterocycles. The molecule has 0 spiro atoms. The predicted octanol–water partition coefficient (Wildman–Crippen LogP) is 1.35. The maximum atomic E-state index is 12.6. The zero-order valence-corrected chi connectivity index (χ0v) is 11.6. The summed E-state index contributed by atoms with van der Waals surface area (Å²) in [5.41, 5.74) is 0.631. The van der Waals surface area contributed by atoms with Crippen molar-refractivity contribution in [2.24, 2.45) is 11.8 Å². The topological polar surface area (TPSA) is 89.8 Å². The van der Waals surface area contributed by atoms with Crippen molar-refractivity contribution in [3.05, 3.63) is 46.0 Å². The van der Waals surface area contributed by atoms with Gasteiger partial charge in [0.2, 0.25) is 11.8 Å². The molecular formula is C15H12N2O5. The minimum absolute atomic E-state index is 0.104. The lowest BCUT2D eigenvalue weighted by atomic mass is 9.85. The Hall–Kier alpha value is -2.54. The van der Waals surface area contributed by atoms with Crippen molar-refractivity contribution in [2.45, 2.75) is 19.1 Å². The van der Waals surface area contributed by atoms with Gasteiger partial charge in [-0.2, -0.15) is 0 Å². The molecule has 0 radical (unpaired) electrons. The van der Waals surface area contributed by atoms with Gasteiger partial charge < -0.3 is 4.74 Å². The van der Waals surface area contributed by atoms with Gasteiger partial charge in [0.05, 0.1) is 34.7 Å². The van der Waals surface area contributed by atoms with Crippen molar-refractivity contribution in [2.75, 3.05) is 4.90 Å². The molecule has 7 heteroatoms. The molecule has 112 valence electrons. The third-order valence-corrected chi connectivity index (χ3v) is 4.56. The van der Waals surface area contributed by atoms with Crippen molar-refractivity contribution in [1.29, 1.82) is 0 Å². The molecule has 0 unspecified atom stereocenters. The Kier molecular flexibility index (Phi) is 2.53. The van der Waals surface area contributed by atoms with Crippen LogP contribution >= 0.6 is 0 Å². The quantitative estimate of drug-likeness (QED) is 0.356. The van der Waals surface area contributed by atoms with Gasteiger partial charge in [-0.25, -0.2) is 4.90 Å². The summed E-state index contributed by atoms with van der Waals surface area (Å²) in [4.78, 5) is 36.8. The van der Waals surface area contributed by atoms with Crippen molar-refractivity contribution < 1.29 is 19.2 Å². The van der Waals surface area contributed by atoms with E-state index in [4.69, 9.17) is 4.74 Å². The van der Waals surface area contributed by atoms with E-state index in [9.17, 15) is 19.7 Å². The summed E-state index contributed by atoms with van der Waals surface area (Å²) in [6.07, 6.45) is 2.88. The standard InChI is InChI=1S/C15H12N2O5/c1-7-2-3-8(6-9(7)17(20)21)16-14(18)12-10-4-5-11(22-10)13(12)15(16)19/h2-6,10-13H,1H3/t10-,11-,12-,13+/m1/s1. The number of amides is 2. The van der Waals surface area contributed by atoms with Crippen molar-refractivity contribution in [1.82, 2.24) is 0 Å². The van der Waals surface area contributed by atoms with Gasteiger partial charge in [-0.1, -0.05) is 18.2 Å². The van der Waals surface area contributed by atoms with Crippen LogP contribution in [0.15, 0.2) is 30.4 Å². The smallest absolute Gasteiger partial charge is 0.274 e. The fourth-order valence-corrected chi connectivity index (χ4v) is 3.49. The van der Waals surface area contributed by atoms with Crippen LogP contribution in [0.4, 0.5) is 11.4 Å². The van der Waals surface area contributed by atoms with Crippen molar-refractivity contribution in [3.63, 3.8) is 0 Å². The van der Waals surface area contributed by atoms with Crippen LogP contribution in [0, 0.1) is 28.9 Å².